The molecule has 0 aliphatic rings. The Kier molecular flexibility index (Phi) is 8.42. The number of amides is 1. The Labute approximate surface area is 208 Å². The van der Waals surface area contributed by atoms with Crippen LogP contribution in [0.25, 0.3) is 6.08 Å². The van der Waals surface area contributed by atoms with Gasteiger partial charge in [-0.15, -0.1) is 0 Å². The van der Waals surface area contributed by atoms with E-state index in [-0.39, 0.29) is 5.57 Å². The Morgan fingerprint density at radius 2 is 1.65 bits per heavy atom. The molecular formula is C26H22Cl2N2O4. The number of hydrogen-bond acceptors (Lipinski definition) is 5. The molecule has 174 valence electrons. The molecule has 0 bridgehead atoms. The number of benzene rings is 3. The number of carbonyl (C=O) groups is 1. The summed E-state index contributed by atoms with van der Waals surface area (Å²) in [4.78, 5) is 12.7. The predicted octanol–water partition coefficient (Wildman–Crippen LogP) is 6.44. The number of methoxy groups -OCH3 is 2. The Hall–Kier alpha value is -3.66. The Balaban J connectivity index is 1.76. The van der Waals surface area contributed by atoms with Crippen molar-refractivity contribution in [2.75, 3.05) is 19.5 Å². The summed E-state index contributed by atoms with van der Waals surface area (Å²) in [7, 11) is 2.90. The van der Waals surface area contributed by atoms with E-state index < -0.39 is 5.91 Å². The first kappa shape index (κ1) is 25.0. The lowest BCUT2D eigenvalue weighted by Crippen LogP contribution is -2.14. The molecule has 0 aliphatic carbocycles. The van der Waals surface area contributed by atoms with Crippen molar-refractivity contribution in [2.45, 2.75) is 13.5 Å². The van der Waals surface area contributed by atoms with E-state index in [1.807, 2.05) is 37.3 Å². The molecule has 0 aliphatic heterocycles. The molecule has 0 aromatic heterocycles. The minimum atomic E-state index is -0.624. The van der Waals surface area contributed by atoms with E-state index in [1.54, 1.807) is 18.2 Å². The Morgan fingerprint density at radius 1 is 0.971 bits per heavy atom. The predicted molar refractivity (Wildman–Crippen MR) is 134 cm³/mol. The molecule has 0 radical (unpaired) electrons. The van der Waals surface area contributed by atoms with Crippen molar-refractivity contribution in [1.82, 2.24) is 0 Å². The fraction of sp³-hybridized carbons (Fsp3) is 0.154. The van der Waals surface area contributed by atoms with Crippen molar-refractivity contribution in [3.05, 3.63) is 86.9 Å². The highest BCUT2D eigenvalue weighted by molar-refractivity contribution is 6.32. The highest BCUT2D eigenvalue weighted by atomic mass is 35.5. The third-order valence-electron chi connectivity index (χ3n) is 4.87. The van der Waals surface area contributed by atoms with E-state index in [4.69, 9.17) is 37.4 Å². The maximum atomic E-state index is 12.7. The number of nitriles is 1. The minimum absolute atomic E-state index is 0.125. The van der Waals surface area contributed by atoms with E-state index in [0.29, 0.717) is 45.2 Å². The standard InChI is InChI=1S/C26H22Cl2N2O4/c1-16-4-6-17(7-5-16)15-34-23-9-8-18(11-20(23)27)10-19(14-29)26(31)30-22-13-24(32-2)21(28)12-25(22)33-3/h4-13H,15H2,1-3H3,(H,30,31)/b19-10+. The van der Waals surface area contributed by atoms with Crippen LogP contribution in [0.5, 0.6) is 17.2 Å². The lowest BCUT2D eigenvalue weighted by Gasteiger charge is -2.13. The average Bonchev–Trinajstić information content (AvgIpc) is 2.83. The van der Waals surface area contributed by atoms with Crippen LogP contribution in [-0.4, -0.2) is 20.1 Å². The van der Waals surface area contributed by atoms with Crippen molar-refractivity contribution in [3.8, 4) is 23.3 Å². The molecule has 0 saturated heterocycles. The molecule has 1 amide bonds. The summed E-state index contributed by atoms with van der Waals surface area (Å²) in [6.45, 7) is 2.39. The van der Waals surface area contributed by atoms with Crippen LogP contribution in [0.1, 0.15) is 16.7 Å². The first-order valence-corrected chi connectivity index (χ1v) is 10.9. The quantitative estimate of drug-likeness (QED) is 0.286. The maximum absolute atomic E-state index is 12.7. The lowest BCUT2D eigenvalue weighted by molar-refractivity contribution is -0.112. The van der Waals surface area contributed by atoms with Gasteiger partial charge in [0.05, 0.1) is 30.0 Å². The molecule has 34 heavy (non-hydrogen) atoms. The van der Waals surface area contributed by atoms with Crippen molar-refractivity contribution >= 4 is 40.9 Å². The summed E-state index contributed by atoms with van der Waals surface area (Å²) in [6.07, 6.45) is 1.44. The molecule has 3 rings (SSSR count). The van der Waals surface area contributed by atoms with Crippen LogP contribution in [0.15, 0.2) is 60.2 Å². The average molecular weight is 497 g/mol. The molecule has 3 aromatic rings. The van der Waals surface area contributed by atoms with E-state index in [2.05, 4.69) is 5.32 Å². The van der Waals surface area contributed by atoms with Gasteiger partial charge >= 0.3 is 0 Å². The second-order valence-electron chi connectivity index (χ2n) is 7.28. The summed E-state index contributed by atoms with van der Waals surface area (Å²) in [6, 6.07) is 18.0. The first-order valence-electron chi connectivity index (χ1n) is 10.2. The van der Waals surface area contributed by atoms with Crippen molar-refractivity contribution in [2.24, 2.45) is 0 Å². The van der Waals surface area contributed by atoms with E-state index >= 15 is 0 Å². The summed E-state index contributed by atoms with van der Waals surface area (Å²) < 4.78 is 16.2. The molecule has 0 unspecified atom stereocenters. The third-order valence-corrected chi connectivity index (χ3v) is 5.46. The molecule has 6 nitrogen and oxygen atoms in total. The number of halogens is 2. The van der Waals surface area contributed by atoms with Gasteiger partial charge in [-0.3, -0.25) is 4.79 Å². The molecule has 1 N–H and O–H groups in total. The van der Waals surface area contributed by atoms with E-state index in [0.717, 1.165) is 5.56 Å². The van der Waals surface area contributed by atoms with Gasteiger partial charge in [0, 0.05) is 12.1 Å². The number of aryl methyl sites for hydroxylation is 1. The van der Waals surface area contributed by atoms with Crippen LogP contribution >= 0.6 is 23.2 Å². The number of rotatable bonds is 8. The number of carbonyl (C=O) groups excluding carboxylic acids is 1. The van der Waals surface area contributed by atoms with Crippen molar-refractivity contribution in [3.63, 3.8) is 0 Å². The summed E-state index contributed by atoms with van der Waals surface area (Å²) in [5.41, 5.74) is 2.94. The van der Waals surface area contributed by atoms with Gasteiger partial charge in [0.2, 0.25) is 0 Å². The zero-order valence-electron chi connectivity index (χ0n) is 18.8. The number of nitrogens with zero attached hydrogens (tertiary/aromatic N) is 1. The van der Waals surface area contributed by atoms with Crippen LogP contribution in [0, 0.1) is 18.3 Å². The molecule has 0 spiro atoms. The number of ether oxygens (including phenoxy) is 3. The SMILES string of the molecule is COc1cc(NC(=O)/C(C#N)=C/c2ccc(OCc3ccc(C)cc3)c(Cl)c2)c(OC)cc1Cl. The Morgan fingerprint density at radius 3 is 2.26 bits per heavy atom. The van der Waals surface area contributed by atoms with E-state index in [1.165, 1.54) is 38.0 Å². The highest BCUT2D eigenvalue weighted by Crippen LogP contribution is 2.36. The fourth-order valence-corrected chi connectivity index (χ4v) is 3.51. The molecule has 0 atom stereocenters. The van der Waals surface area contributed by atoms with Gasteiger partial charge in [-0.2, -0.15) is 5.26 Å². The van der Waals surface area contributed by atoms with Gasteiger partial charge in [0.1, 0.15) is 35.5 Å². The first-order chi connectivity index (χ1) is 16.3. The van der Waals surface area contributed by atoms with Gasteiger partial charge in [0.25, 0.3) is 5.91 Å². The second kappa shape index (κ2) is 11.5. The van der Waals surface area contributed by atoms with Crippen LogP contribution in [0.2, 0.25) is 10.0 Å². The monoisotopic (exact) mass is 496 g/mol. The van der Waals surface area contributed by atoms with Gasteiger partial charge in [-0.05, 0) is 36.3 Å². The van der Waals surface area contributed by atoms with Gasteiger partial charge < -0.3 is 19.5 Å². The number of hydrogen-bond donors (Lipinski definition) is 1. The third kappa shape index (κ3) is 6.22. The van der Waals surface area contributed by atoms with Crippen molar-refractivity contribution in [1.29, 1.82) is 5.26 Å². The second-order valence-corrected chi connectivity index (χ2v) is 8.09. The number of anilines is 1. The van der Waals surface area contributed by atoms with Crippen molar-refractivity contribution < 1.29 is 19.0 Å². The molecule has 0 fully saturated rings. The molecule has 0 saturated carbocycles. The van der Waals surface area contributed by atoms with Gasteiger partial charge in [-0.25, -0.2) is 0 Å². The van der Waals surface area contributed by atoms with Gasteiger partial charge in [-0.1, -0.05) is 59.1 Å². The van der Waals surface area contributed by atoms with Crippen LogP contribution in [-0.2, 0) is 11.4 Å². The van der Waals surface area contributed by atoms with Crippen LogP contribution in [0.4, 0.5) is 5.69 Å². The van der Waals surface area contributed by atoms with Crippen LogP contribution in [0.3, 0.4) is 0 Å². The summed E-state index contributed by atoms with van der Waals surface area (Å²) in [5, 5.41) is 12.9. The van der Waals surface area contributed by atoms with E-state index in [9.17, 15) is 10.1 Å². The zero-order valence-corrected chi connectivity index (χ0v) is 20.3. The lowest BCUT2D eigenvalue weighted by atomic mass is 10.1. The highest BCUT2D eigenvalue weighted by Gasteiger charge is 2.16. The molecule has 8 heteroatoms. The topological polar surface area (TPSA) is 80.6 Å². The summed E-state index contributed by atoms with van der Waals surface area (Å²) in [5.74, 6) is 0.559. The van der Waals surface area contributed by atoms with Gasteiger partial charge in [0.15, 0.2) is 0 Å². The molecular weight excluding hydrogens is 475 g/mol. The largest absolute Gasteiger partial charge is 0.495 e. The number of nitrogens with one attached hydrogen (secondary N) is 1. The Bertz CT molecular complexity index is 1270. The zero-order chi connectivity index (χ0) is 24.7. The molecule has 3 aromatic carbocycles. The fourth-order valence-electron chi connectivity index (χ4n) is 3.03. The minimum Gasteiger partial charge on any atom is -0.495 e. The smallest absolute Gasteiger partial charge is 0.266 e. The summed E-state index contributed by atoms with van der Waals surface area (Å²) >= 11 is 12.5. The maximum Gasteiger partial charge on any atom is 0.266 e. The normalized spacial score (nSPS) is 10.9. The van der Waals surface area contributed by atoms with Crippen LogP contribution < -0.4 is 19.5 Å². The molecule has 0 heterocycles.